The molecule has 2 aliphatic carbocycles. The molecule has 20 nitrogen and oxygen atoms in total. The molecule has 12 atom stereocenters. The molecule has 10 aliphatic rings. The van der Waals surface area contributed by atoms with Gasteiger partial charge < -0.3 is 40.6 Å². The second-order valence-corrected chi connectivity index (χ2v) is 25.4. The number of piperazine rings is 2. The van der Waals surface area contributed by atoms with Gasteiger partial charge in [0.15, 0.2) is 0 Å². The first kappa shape index (κ1) is 52.9. The fourth-order valence-corrected chi connectivity index (χ4v) is 15.5. The molecule has 2 aromatic carbocycles. The first-order valence-electron chi connectivity index (χ1n) is 28.8. The Hall–Kier alpha value is -6.42. The number of aromatic amines is 2. The lowest BCUT2D eigenvalue weighted by Gasteiger charge is -2.49. The molecule has 20 heteroatoms. The Morgan fingerprint density at radius 2 is 1.05 bits per heavy atom. The van der Waals surface area contributed by atoms with E-state index in [0.29, 0.717) is 51.9 Å². The van der Waals surface area contributed by atoms with E-state index < -0.39 is 71.1 Å². The van der Waals surface area contributed by atoms with Crippen LogP contribution in [0.5, 0.6) is 0 Å². The van der Waals surface area contributed by atoms with Crippen LogP contribution in [0, 0.1) is 23.7 Å². The van der Waals surface area contributed by atoms with Crippen molar-refractivity contribution in [1.29, 1.82) is 0 Å². The second kappa shape index (κ2) is 18.6. The van der Waals surface area contributed by atoms with Crippen molar-refractivity contribution in [3.8, 4) is 0 Å². The van der Waals surface area contributed by atoms with E-state index in [0.717, 1.165) is 59.0 Å². The first-order chi connectivity index (χ1) is 38.0. The summed E-state index contributed by atoms with van der Waals surface area (Å²) >= 11 is 0. The number of rotatable bonds is 8. The van der Waals surface area contributed by atoms with E-state index in [4.69, 9.17) is 9.47 Å². The monoisotopic (exact) mass is 1090 g/mol. The van der Waals surface area contributed by atoms with Gasteiger partial charge in [-0.15, -0.1) is 0 Å². The van der Waals surface area contributed by atoms with Crippen LogP contribution in [-0.4, -0.2) is 185 Å². The number of aliphatic hydroxyl groups is 2. The highest BCUT2D eigenvalue weighted by Gasteiger charge is 2.71. The summed E-state index contributed by atoms with van der Waals surface area (Å²) in [6, 6.07) is 9.68. The molecule has 0 unspecified atom stereocenters. The Morgan fingerprint density at radius 3 is 1.44 bits per heavy atom. The van der Waals surface area contributed by atoms with Crippen molar-refractivity contribution in [2.24, 2.45) is 23.7 Å². The van der Waals surface area contributed by atoms with Gasteiger partial charge in [-0.05, 0) is 137 Å². The number of amides is 6. The molecule has 6 fully saturated rings. The zero-order valence-electron chi connectivity index (χ0n) is 46.9. The van der Waals surface area contributed by atoms with Crippen molar-refractivity contribution >= 4 is 68.4 Å². The van der Waals surface area contributed by atoms with Crippen molar-refractivity contribution in [2.75, 3.05) is 40.3 Å². The summed E-state index contributed by atoms with van der Waals surface area (Å²) in [5.74, 6) is -6.97. The van der Waals surface area contributed by atoms with Crippen LogP contribution in [-0.2, 0) is 51.1 Å². The Kier molecular flexibility index (Phi) is 12.3. The van der Waals surface area contributed by atoms with E-state index in [1.54, 1.807) is 9.80 Å². The predicted octanol–water partition coefficient (Wildman–Crippen LogP) is 3.59. The maximum absolute atomic E-state index is 14.0. The molecule has 14 rings (SSSR count). The third kappa shape index (κ3) is 7.82. The van der Waals surface area contributed by atoms with Crippen LogP contribution < -0.4 is 10.6 Å². The highest BCUT2D eigenvalue weighted by Crippen LogP contribution is 2.49. The second-order valence-electron chi connectivity index (χ2n) is 25.4. The number of likely N-dealkylation sites (N-methyl/N-ethyl adjacent to an activating group) is 2. The van der Waals surface area contributed by atoms with Crippen molar-refractivity contribution in [1.82, 2.24) is 50.0 Å². The van der Waals surface area contributed by atoms with Gasteiger partial charge in [0.25, 0.3) is 23.6 Å². The van der Waals surface area contributed by atoms with Gasteiger partial charge in [-0.2, -0.15) is 0 Å². The molecule has 0 bridgehead atoms. The molecule has 2 aromatic heterocycles. The number of nitrogens with one attached hydrogen (secondary N) is 4. The Balaban J connectivity index is 0.000000151. The molecule has 6 amide bonds. The average molecular weight is 1100 g/mol. The summed E-state index contributed by atoms with van der Waals surface area (Å²) in [4.78, 5) is 99.3. The van der Waals surface area contributed by atoms with Gasteiger partial charge in [0.2, 0.25) is 35.1 Å². The average Bonchev–Trinajstić information content (AvgIpc) is 4.40. The molecular formula is C60H74N10O10. The SMILES string of the molecule is CC(C)C[C@H]1C(=O)N2CCC[C@H]2[C@]2(O)O[C@@](C)(NC(=O)[C@@H]3C=C4c5cccc6[nH]cc(c56)C[C@@H]4N(C)C3)C(=O)N12.CC(C)C[C@H]1C(=O)N2CCC[C@H]2[C@]2(O)O[C@@](C)(NC(=O)[C@@H]3C=C4c5cccc6[nH]cc(c56)C[C@H]4N(C)C3)C(=O)N12. The van der Waals surface area contributed by atoms with Crippen LogP contribution in [0.15, 0.2) is 60.9 Å². The minimum atomic E-state index is -1.99. The van der Waals surface area contributed by atoms with E-state index in [1.807, 2.05) is 66.1 Å². The Bertz CT molecular complexity index is 3150. The number of nitrogens with zero attached hydrogens (tertiary/aromatic N) is 6. The van der Waals surface area contributed by atoms with E-state index in [1.165, 1.54) is 45.5 Å². The van der Waals surface area contributed by atoms with Crippen molar-refractivity contribution in [3.63, 3.8) is 0 Å². The fraction of sp³-hybridized carbons (Fsp3) is 0.567. The van der Waals surface area contributed by atoms with Crippen LogP contribution in [0.2, 0.25) is 0 Å². The highest BCUT2D eigenvalue weighted by molar-refractivity contribution is 6.03. The Labute approximate surface area is 464 Å². The number of hydrogen-bond acceptors (Lipinski definition) is 12. The molecule has 424 valence electrons. The topological polar surface area (TPSA) is 236 Å². The van der Waals surface area contributed by atoms with Crippen LogP contribution in [0.3, 0.4) is 0 Å². The smallest absolute Gasteiger partial charge is 0.280 e. The van der Waals surface area contributed by atoms with Gasteiger partial charge in [-0.1, -0.05) is 64.1 Å². The molecule has 10 heterocycles. The number of benzene rings is 2. The number of aromatic nitrogens is 2. The first-order valence-corrected chi connectivity index (χ1v) is 28.8. The number of carbonyl (C=O) groups is 6. The van der Waals surface area contributed by atoms with Crippen molar-refractivity contribution in [3.05, 3.63) is 83.2 Å². The lowest BCUT2D eigenvalue weighted by atomic mass is 9.79. The number of fused-ring (bicyclic) bond motifs is 10. The maximum Gasteiger partial charge on any atom is 0.280 e. The van der Waals surface area contributed by atoms with Gasteiger partial charge in [0, 0.05) is 72.5 Å². The van der Waals surface area contributed by atoms with Crippen LogP contribution in [0.25, 0.3) is 33.0 Å². The Morgan fingerprint density at radius 1 is 0.650 bits per heavy atom. The zero-order valence-corrected chi connectivity index (χ0v) is 46.9. The number of hydrogen-bond donors (Lipinski definition) is 6. The highest BCUT2D eigenvalue weighted by atomic mass is 16.7. The molecule has 80 heavy (non-hydrogen) atoms. The summed E-state index contributed by atoms with van der Waals surface area (Å²) in [5, 5.41) is 31.9. The van der Waals surface area contributed by atoms with E-state index in [9.17, 15) is 39.0 Å². The van der Waals surface area contributed by atoms with Crippen LogP contribution in [0.4, 0.5) is 0 Å². The summed E-state index contributed by atoms with van der Waals surface area (Å²) in [5.41, 5.74) is 5.57. The number of carbonyl (C=O) groups excluding carboxylic acids is 6. The number of ether oxygens (including phenoxy) is 2. The van der Waals surface area contributed by atoms with Crippen LogP contribution >= 0.6 is 0 Å². The molecule has 6 N–H and O–H groups in total. The lowest BCUT2D eigenvalue weighted by molar-refractivity contribution is -0.316. The van der Waals surface area contributed by atoms with Gasteiger partial charge in [0.05, 0.1) is 11.8 Å². The molecule has 4 aromatic rings. The zero-order chi connectivity index (χ0) is 56.3. The van der Waals surface area contributed by atoms with Crippen molar-refractivity contribution in [2.45, 2.75) is 152 Å². The molecule has 0 radical (unpaired) electrons. The standard InChI is InChI=1S/2C30H37N5O5/c2*1-16(2)11-23-27(37)34-10-6-9-24(34)30(39)35(23)28(38)29(3,40-30)32-26(36)18-12-20-19-7-5-8-21-25(19)17(14-31-21)13-22(20)33(4)15-18/h2*5,7-8,12,14,16,18,22-24,31,39H,6,9-11,13,15H2,1-4H3,(H,32,36)/t18-,22+,23+,24+,29-,30+;18-,22-,23+,24+,29-,30+/m11/s1. The summed E-state index contributed by atoms with van der Waals surface area (Å²) < 4.78 is 12.3. The molecule has 0 saturated carbocycles. The normalized spacial score (nSPS) is 35.2. The largest absolute Gasteiger partial charge is 0.361 e. The van der Waals surface area contributed by atoms with Gasteiger partial charge in [0.1, 0.15) is 24.2 Å². The molecular weight excluding hydrogens is 1020 g/mol. The minimum absolute atomic E-state index is 0.115. The third-order valence-electron chi connectivity index (χ3n) is 19.1. The van der Waals surface area contributed by atoms with Gasteiger partial charge in [-0.25, -0.2) is 0 Å². The van der Waals surface area contributed by atoms with Crippen molar-refractivity contribution < 1.29 is 48.5 Å². The lowest BCUT2D eigenvalue weighted by Crippen LogP contribution is -2.71. The minimum Gasteiger partial charge on any atom is -0.361 e. The summed E-state index contributed by atoms with van der Waals surface area (Å²) in [6.45, 7) is 12.9. The molecule has 8 aliphatic heterocycles. The number of H-pyrrole nitrogens is 2. The quantitative estimate of drug-likeness (QED) is 0.149. The fourth-order valence-electron chi connectivity index (χ4n) is 15.5. The molecule has 0 spiro atoms. The van der Waals surface area contributed by atoms with Gasteiger partial charge in [-0.3, -0.25) is 57.8 Å². The van der Waals surface area contributed by atoms with Gasteiger partial charge >= 0.3 is 0 Å². The van der Waals surface area contributed by atoms with E-state index in [-0.39, 0.29) is 47.5 Å². The van der Waals surface area contributed by atoms with Crippen LogP contribution in [0.1, 0.15) is 102 Å². The third-order valence-corrected chi connectivity index (χ3v) is 19.1. The molecule has 6 saturated heterocycles. The van der Waals surface area contributed by atoms with E-state index in [2.05, 4.69) is 67.1 Å². The predicted molar refractivity (Wildman–Crippen MR) is 295 cm³/mol. The summed E-state index contributed by atoms with van der Waals surface area (Å²) in [6.07, 6.45) is 13.2. The maximum atomic E-state index is 14.0. The summed E-state index contributed by atoms with van der Waals surface area (Å²) in [7, 11) is 4.04. The van der Waals surface area contributed by atoms with E-state index >= 15 is 0 Å².